The first kappa shape index (κ1) is 12.7. The van der Waals surface area contributed by atoms with Gasteiger partial charge in [-0.25, -0.2) is 0 Å². The fourth-order valence-electron chi connectivity index (χ4n) is 1.23. The van der Waals surface area contributed by atoms with Gasteiger partial charge in [0, 0.05) is 12.6 Å². The highest BCUT2D eigenvalue weighted by atomic mass is 35.5. The van der Waals surface area contributed by atoms with Gasteiger partial charge in [0.05, 0.1) is 4.92 Å². The maximum absolute atomic E-state index is 10.8. The number of nitrogens with zero attached hydrogens (tertiary/aromatic N) is 1. The van der Waals surface area contributed by atoms with Crippen LogP contribution in [0.5, 0.6) is 0 Å². The third-order valence-corrected chi connectivity index (χ3v) is 2.55. The number of hydrogen-bond donors (Lipinski definition) is 2. The molecule has 0 aliphatic heterocycles. The first-order chi connectivity index (χ1) is 7.56. The maximum Gasteiger partial charge on any atom is 0.310 e. The van der Waals surface area contributed by atoms with Crippen LogP contribution >= 0.6 is 11.6 Å². The normalized spacial score (nSPS) is 12.2. The summed E-state index contributed by atoms with van der Waals surface area (Å²) >= 11 is 5.76. The number of halogens is 1. The molecule has 0 saturated carbocycles. The molecule has 1 aromatic rings. The third kappa shape index (κ3) is 3.08. The van der Waals surface area contributed by atoms with Crippen molar-refractivity contribution in [3.05, 3.63) is 33.3 Å². The van der Waals surface area contributed by atoms with Crippen molar-refractivity contribution in [2.24, 2.45) is 5.73 Å². The summed E-state index contributed by atoms with van der Waals surface area (Å²) < 4.78 is 0. The number of nitro groups is 1. The van der Waals surface area contributed by atoms with Crippen LogP contribution in [0.25, 0.3) is 0 Å². The molecule has 1 aromatic carbocycles. The van der Waals surface area contributed by atoms with E-state index in [-0.39, 0.29) is 16.8 Å². The monoisotopic (exact) mass is 243 g/mol. The number of nitrogens with two attached hydrogens (primary N) is 1. The summed E-state index contributed by atoms with van der Waals surface area (Å²) in [6, 6.07) is 4.74. The molecule has 88 valence electrons. The van der Waals surface area contributed by atoms with Gasteiger partial charge in [-0.15, -0.1) is 0 Å². The summed E-state index contributed by atoms with van der Waals surface area (Å²) in [4.78, 5) is 10.3. The second kappa shape index (κ2) is 5.67. The van der Waals surface area contributed by atoms with Crippen LogP contribution < -0.4 is 11.1 Å². The number of benzene rings is 1. The van der Waals surface area contributed by atoms with Crippen molar-refractivity contribution in [2.75, 3.05) is 11.9 Å². The molecular weight excluding hydrogens is 230 g/mol. The van der Waals surface area contributed by atoms with Crippen LogP contribution in [0.15, 0.2) is 18.2 Å². The van der Waals surface area contributed by atoms with E-state index in [1.54, 1.807) is 12.1 Å². The summed E-state index contributed by atoms with van der Waals surface area (Å²) in [5, 5.41) is 13.9. The third-order valence-electron chi connectivity index (χ3n) is 2.25. The van der Waals surface area contributed by atoms with Gasteiger partial charge in [-0.05, 0) is 18.6 Å². The van der Waals surface area contributed by atoms with Crippen LogP contribution in [0.1, 0.15) is 13.3 Å². The fourth-order valence-corrected chi connectivity index (χ4v) is 1.47. The summed E-state index contributed by atoms with van der Waals surface area (Å²) in [6.07, 6.45) is 0.807. The quantitative estimate of drug-likeness (QED) is 0.615. The molecular formula is C10H14ClN3O2. The Hall–Kier alpha value is -1.33. The van der Waals surface area contributed by atoms with Crippen molar-refractivity contribution in [1.82, 2.24) is 0 Å². The van der Waals surface area contributed by atoms with Gasteiger partial charge in [0.2, 0.25) is 0 Å². The van der Waals surface area contributed by atoms with Gasteiger partial charge in [-0.3, -0.25) is 10.1 Å². The van der Waals surface area contributed by atoms with Crippen molar-refractivity contribution in [3.8, 4) is 0 Å². The molecule has 1 rings (SSSR count). The highest BCUT2D eigenvalue weighted by Gasteiger charge is 2.18. The largest absolute Gasteiger partial charge is 0.378 e. The zero-order chi connectivity index (χ0) is 12.1. The van der Waals surface area contributed by atoms with E-state index in [9.17, 15) is 10.1 Å². The molecule has 3 N–H and O–H groups in total. The lowest BCUT2D eigenvalue weighted by molar-refractivity contribution is -0.383. The highest BCUT2D eigenvalue weighted by Crippen LogP contribution is 2.32. The Kier molecular flexibility index (Phi) is 4.52. The molecule has 6 heteroatoms. The Morgan fingerprint density at radius 2 is 2.31 bits per heavy atom. The van der Waals surface area contributed by atoms with Crippen LogP contribution in [0.4, 0.5) is 11.4 Å². The molecule has 5 nitrogen and oxygen atoms in total. The summed E-state index contributed by atoms with van der Waals surface area (Å²) in [6.45, 7) is 2.44. The van der Waals surface area contributed by atoms with Gasteiger partial charge in [-0.1, -0.05) is 24.6 Å². The summed E-state index contributed by atoms with van der Waals surface area (Å²) in [7, 11) is 0. The number of anilines is 1. The van der Waals surface area contributed by atoms with E-state index in [2.05, 4.69) is 5.32 Å². The average molecular weight is 244 g/mol. The lowest BCUT2D eigenvalue weighted by Crippen LogP contribution is -2.28. The minimum absolute atomic E-state index is 0.0291. The van der Waals surface area contributed by atoms with E-state index in [0.717, 1.165) is 6.42 Å². The molecule has 0 aliphatic carbocycles. The molecule has 1 unspecified atom stereocenters. The molecule has 16 heavy (non-hydrogen) atoms. The molecule has 0 spiro atoms. The molecule has 0 saturated heterocycles. The van der Waals surface area contributed by atoms with Crippen molar-refractivity contribution >= 4 is 23.0 Å². The molecule has 1 atom stereocenters. The second-order valence-electron chi connectivity index (χ2n) is 3.44. The van der Waals surface area contributed by atoms with Crippen molar-refractivity contribution in [1.29, 1.82) is 0 Å². The fraction of sp³-hybridized carbons (Fsp3) is 0.400. The van der Waals surface area contributed by atoms with E-state index in [4.69, 9.17) is 17.3 Å². The predicted octanol–water partition coefficient (Wildman–Crippen LogP) is 2.40. The Balaban J connectivity index is 2.87. The van der Waals surface area contributed by atoms with Crippen LogP contribution in [-0.4, -0.2) is 17.5 Å². The van der Waals surface area contributed by atoms with Gasteiger partial charge >= 0.3 is 5.69 Å². The second-order valence-corrected chi connectivity index (χ2v) is 3.85. The summed E-state index contributed by atoms with van der Waals surface area (Å²) in [5.74, 6) is 0. The minimum atomic E-state index is -0.498. The topological polar surface area (TPSA) is 81.2 Å². The minimum Gasteiger partial charge on any atom is -0.378 e. The highest BCUT2D eigenvalue weighted by molar-refractivity contribution is 6.33. The average Bonchev–Trinajstić information content (AvgIpc) is 2.25. The molecule has 0 heterocycles. The van der Waals surface area contributed by atoms with E-state index >= 15 is 0 Å². The molecule has 0 aliphatic rings. The Labute approximate surface area is 98.7 Å². The van der Waals surface area contributed by atoms with E-state index in [1.165, 1.54) is 6.07 Å². The van der Waals surface area contributed by atoms with Gasteiger partial charge in [0.25, 0.3) is 0 Å². The smallest absolute Gasteiger partial charge is 0.310 e. The molecule has 0 fully saturated rings. The van der Waals surface area contributed by atoms with Crippen molar-refractivity contribution < 1.29 is 4.92 Å². The number of nitro benzene ring substituents is 1. The van der Waals surface area contributed by atoms with Crippen LogP contribution in [0.3, 0.4) is 0 Å². The lowest BCUT2D eigenvalue weighted by atomic mass is 10.2. The van der Waals surface area contributed by atoms with Crippen LogP contribution in [0.2, 0.25) is 5.02 Å². The Bertz CT molecular complexity index is 384. The van der Waals surface area contributed by atoms with Crippen LogP contribution in [-0.2, 0) is 0 Å². The van der Waals surface area contributed by atoms with Gasteiger partial charge in [0.1, 0.15) is 10.7 Å². The van der Waals surface area contributed by atoms with E-state index in [0.29, 0.717) is 12.2 Å². The van der Waals surface area contributed by atoms with Crippen LogP contribution in [0, 0.1) is 10.1 Å². The van der Waals surface area contributed by atoms with Crippen molar-refractivity contribution in [2.45, 2.75) is 19.4 Å². The zero-order valence-electron chi connectivity index (χ0n) is 8.94. The number of nitrogens with one attached hydrogen (secondary N) is 1. The van der Waals surface area contributed by atoms with Crippen molar-refractivity contribution in [3.63, 3.8) is 0 Å². The van der Waals surface area contributed by atoms with E-state index < -0.39 is 4.92 Å². The SMILES string of the molecule is CCC(N)CNc1cccc(Cl)c1[N+](=O)[O-]. The number of para-hydroxylation sites is 1. The Morgan fingerprint density at radius 1 is 1.62 bits per heavy atom. The van der Waals surface area contributed by atoms with Gasteiger partial charge in [-0.2, -0.15) is 0 Å². The molecule has 0 radical (unpaired) electrons. The van der Waals surface area contributed by atoms with E-state index in [1.807, 2.05) is 6.92 Å². The zero-order valence-corrected chi connectivity index (χ0v) is 9.70. The number of hydrogen-bond acceptors (Lipinski definition) is 4. The van der Waals surface area contributed by atoms with Gasteiger partial charge < -0.3 is 11.1 Å². The molecule has 0 amide bonds. The van der Waals surface area contributed by atoms with Gasteiger partial charge in [0.15, 0.2) is 0 Å². The first-order valence-corrected chi connectivity index (χ1v) is 5.36. The number of rotatable bonds is 5. The Morgan fingerprint density at radius 3 is 2.88 bits per heavy atom. The maximum atomic E-state index is 10.8. The first-order valence-electron chi connectivity index (χ1n) is 4.98. The molecule has 0 bridgehead atoms. The predicted molar refractivity (Wildman–Crippen MR) is 64.9 cm³/mol. The summed E-state index contributed by atoms with van der Waals surface area (Å²) in [5.41, 5.74) is 6.02. The standard InChI is InChI=1S/C10H14ClN3O2/c1-2-7(12)6-13-9-5-3-4-8(11)10(9)14(15)16/h3-5,7,13H,2,6,12H2,1H3. The lowest BCUT2D eigenvalue weighted by Gasteiger charge is -2.11. The molecule has 0 aromatic heterocycles.